The van der Waals surface area contributed by atoms with Gasteiger partial charge in [-0.2, -0.15) is 0 Å². The summed E-state index contributed by atoms with van der Waals surface area (Å²) in [6.45, 7) is 1.93. The average molecular weight is 330 g/mol. The minimum Gasteiger partial charge on any atom is -0.484 e. The highest BCUT2D eigenvalue weighted by molar-refractivity contribution is 6.30. The van der Waals surface area contributed by atoms with Crippen LogP contribution in [0.3, 0.4) is 0 Å². The van der Waals surface area contributed by atoms with E-state index in [0.29, 0.717) is 16.7 Å². The quantitative estimate of drug-likeness (QED) is 0.858. The third-order valence-corrected chi connectivity index (χ3v) is 4.30. The molecule has 1 fully saturated rings. The number of rotatable bonds is 6. The van der Waals surface area contributed by atoms with Crippen molar-refractivity contribution in [1.82, 2.24) is 5.32 Å². The molecule has 2 aromatic carbocycles. The van der Waals surface area contributed by atoms with Gasteiger partial charge < -0.3 is 10.1 Å². The van der Waals surface area contributed by atoms with Crippen molar-refractivity contribution in [2.75, 3.05) is 6.61 Å². The van der Waals surface area contributed by atoms with Crippen molar-refractivity contribution in [3.8, 4) is 5.75 Å². The molecular weight excluding hydrogens is 310 g/mol. The molecule has 0 spiro atoms. The normalized spacial score (nSPS) is 15.0. The Balaban J connectivity index is 1.59. The number of halogens is 1. The molecule has 3 nitrogen and oxygen atoms in total. The first-order chi connectivity index (χ1) is 11.1. The van der Waals surface area contributed by atoms with Gasteiger partial charge in [0.25, 0.3) is 5.91 Å². The molecule has 0 aromatic heterocycles. The minimum absolute atomic E-state index is 0.0124. The monoisotopic (exact) mass is 329 g/mol. The van der Waals surface area contributed by atoms with Crippen molar-refractivity contribution in [2.24, 2.45) is 5.92 Å². The van der Waals surface area contributed by atoms with Gasteiger partial charge in [-0.05, 0) is 55.0 Å². The SMILES string of the molecule is Cc1cc(Cl)ccc1OCC(=O)N[C@H](c1ccccc1)C1CC1. The Kier molecular flexibility index (Phi) is 4.87. The largest absolute Gasteiger partial charge is 0.484 e. The molecule has 1 saturated carbocycles. The highest BCUT2D eigenvalue weighted by Crippen LogP contribution is 2.40. The van der Waals surface area contributed by atoms with Gasteiger partial charge >= 0.3 is 0 Å². The minimum atomic E-state index is -0.0971. The fourth-order valence-corrected chi connectivity index (χ4v) is 2.92. The summed E-state index contributed by atoms with van der Waals surface area (Å²) < 4.78 is 5.62. The predicted molar refractivity (Wildman–Crippen MR) is 91.7 cm³/mol. The van der Waals surface area contributed by atoms with E-state index in [2.05, 4.69) is 17.4 Å². The predicted octanol–water partition coefficient (Wildman–Crippen LogP) is 4.29. The first-order valence-corrected chi connectivity index (χ1v) is 8.24. The fraction of sp³-hybridized carbons (Fsp3) is 0.316. The molecule has 0 radical (unpaired) electrons. The van der Waals surface area contributed by atoms with Crippen LogP contribution in [0, 0.1) is 12.8 Å². The van der Waals surface area contributed by atoms with E-state index in [1.807, 2.05) is 31.2 Å². The lowest BCUT2D eigenvalue weighted by Gasteiger charge is -2.19. The molecule has 1 aliphatic carbocycles. The zero-order valence-electron chi connectivity index (χ0n) is 13.1. The lowest BCUT2D eigenvalue weighted by Crippen LogP contribution is -2.33. The molecule has 0 aliphatic heterocycles. The lowest BCUT2D eigenvalue weighted by atomic mass is 10.0. The number of hydrogen-bond donors (Lipinski definition) is 1. The van der Waals surface area contributed by atoms with Crippen molar-refractivity contribution in [1.29, 1.82) is 0 Å². The standard InChI is InChI=1S/C19H20ClNO2/c1-13-11-16(20)9-10-17(13)23-12-18(22)21-19(15-7-8-15)14-5-3-2-4-6-14/h2-6,9-11,15,19H,7-8,12H2,1H3,(H,21,22)/t19-/m1/s1. The van der Waals surface area contributed by atoms with Crippen LogP contribution in [-0.2, 0) is 4.79 Å². The van der Waals surface area contributed by atoms with E-state index in [9.17, 15) is 4.79 Å². The van der Waals surface area contributed by atoms with Crippen molar-refractivity contribution < 1.29 is 9.53 Å². The van der Waals surface area contributed by atoms with Crippen LogP contribution in [0.5, 0.6) is 5.75 Å². The Morgan fingerprint density at radius 2 is 2.00 bits per heavy atom. The number of ether oxygens (including phenoxy) is 1. The van der Waals surface area contributed by atoms with Crippen LogP contribution in [0.15, 0.2) is 48.5 Å². The summed E-state index contributed by atoms with van der Waals surface area (Å²) in [4.78, 5) is 12.2. The summed E-state index contributed by atoms with van der Waals surface area (Å²) in [6.07, 6.45) is 2.33. The average Bonchev–Trinajstić information content (AvgIpc) is 3.37. The molecule has 23 heavy (non-hydrogen) atoms. The van der Waals surface area contributed by atoms with E-state index in [0.717, 1.165) is 24.0 Å². The zero-order valence-corrected chi connectivity index (χ0v) is 13.8. The summed E-state index contributed by atoms with van der Waals surface area (Å²) in [5, 5.41) is 3.77. The maximum atomic E-state index is 12.2. The Bertz CT molecular complexity index is 683. The summed E-state index contributed by atoms with van der Waals surface area (Å²) in [5.41, 5.74) is 2.08. The molecular formula is C19H20ClNO2. The van der Waals surface area contributed by atoms with E-state index in [1.54, 1.807) is 12.1 Å². The Hall–Kier alpha value is -2.00. The van der Waals surface area contributed by atoms with Crippen molar-refractivity contribution in [3.63, 3.8) is 0 Å². The van der Waals surface area contributed by atoms with E-state index in [1.165, 1.54) is 0 Å². The van der Waals surface area contributed by atoms with Crippen LogP contribution >= 0.6 is 11.6 Å². The molecule has 1 atom stereocenters. The van der Waals surface area contributed by atoms with Crippen LogP contribution < -0.4 is 10.1 Å². The Labute approximate surface area is 141 Å². The van der Waals surface area contributed by atoms with E-state index in [4.69, 9.17) is 16.3 Å². The number of amides is 1. The molecule has 120 valence electrons. The highest BCUT2D eigenvalue weighted by atomic mass is 35.5. The summed E-state index contributed by atoms with van der Waals surface area (Å²) in [7, 11) is 0. The number of benzene rings is 2. The summed E-state index contributed by atoms with van der Waals surface area (Å²) in [6, 6.07) is 15.6. The molecule has 0 saturated heterocycles. The van der Waals surface area contributed by atoms with Crippen LogP contribution in [-0.4, -0.2) is 12.5 Å². The van der Waals surface area contributed by atoms with E-state index in [-0.39, 0.29) is 18.6 Å². The molecule has 2 aromatic rings. The van der Waals surface area contributed by atoms with Gasteiger partial charge in [-0.3, -0.25) is 4.79 Å². The first kappa shape index (κ1) is 15.9. The van der Waals surface area contributed by atoms with E-state index < -0.39 is 0 Å². The van der Waals surface area contributed by atoms with Gasteiger partial charge in [-0.1, -0.05) is 41.9 Å². The van der Waals surface area contributed by atoms with Gasteiger partial charge in [0.1, 0.15) is 5.75 Å². The topological polar surface area (TPSA) is 38.3 Å². The van der Waals surface area contributed by atoms with Gasteiger partial charge in [0.15, 0.2) is 6.61 Å². The molecule has 3 rings (SSSR count). The van der Waals surface area contributed by atoms with Gasteiger partial charge in [-0.25, -0.2) is 0 Å². The van der Waals surface area contributed by atoms with Crippen LogP contribution in [0.2, 0.25) is 5.02 Å². The number of aryl methyl sites for hydroxylation is 1. The van der Waals surface area contributed by atoms with Gasteiger partial charge in [0, 0.05) is 5.02 Å². The molecule has 4 heteroatoms. The van der Waals surface area contributed by atoms with Crippen molar-refractivity contribution >= 4 is 17.5 Å². The van der Waals surface area contributed by atoms with Crippen LogP contribution in [0.1, 0.15) is 30.0 Å². The molecule has 1 N–H and O–H groups in total. The third-order valence-electron chi connectivity index (χ3n) is 4.06. The molecule has 1 aliphatic rings. The Morgan fingerprint density at radius 3 is 2.65 bits per heavy atom. The molecule has 1 amide bonds. The van der Waals surface area contributed by atoms with Crippen molar-refractivity contribution in [3.05, 3.63) is 64.7 Å². The molecule has 0 heterocycles. The maximum Gasteiger partial charge on any atom is 0.258 e. The second kappa shape index (κ2) is 7.05. The second-order valence-corrected chi connectivity index (χ2v) is 6.43. The number of carbonyl (C=O) groups excluding carboxylic acids is 1. The maximum absolute atomic E-state index is 12.2. The molecule has 0 bridgehead atoms. The van der Waals surface area contributed by atoms with Gasteiger partial charge in [-0.15, -0.1) is 0 Å². The zero-order chi connectivity index (χ0) is 16.2. The second-order valence-electron chi connectivity index (χ2n) is 5.99. The summed E-state index contributed by atoms with van der Waals surface area (Å²) >= 11 is 5.92. The molecule has 0 unspecified atom stereocenters. The van der Waals surface area contributed by atoms with Gasteiger partial charge in [0.05, 0.1) is 6.04 Å². The van der Waals surface area contributed by atoms with Gasteiger partial charge in [0.2, 0.25) is 0 Å². The third kappa shape index (κ3) is 4.26. The number of hydrogen-bond acceptors (Lipinski definition) is 2. The summed E-state index contributed by atoms with van der Waals surface area (Å²) in [5.74, 6) is 1.13. The van der Waals surface area contributed by atoms with Crippen LogP contribution in [0.4, 0.5) is 0 Å². The fourth-order valence-electron chi connectivity index (χ4n) is 2.70. The van der Waals surface area contributed by atoms with Crippen LogP contribution in [0.25, 0.3) is 0 Å². The Morgan fingerprint density at radius 1 is 1.26 bits per heavy atom. The number of carbonyl (C=O) groups is 1. The highest BCUT2D eigenvalue weighted by Gasteiger charge is 2.33. The van der Waals surface area contributed by atoms with E-state index >= 15 is 0 Å². The lowest BCUT2D eigenvalue weighted by molar-refractivity contribution is -0.124. The first-order valence-electron chi connectivity index (χ1n) is 7.87. The number of nitrogens with one attached hydrogen (secondary N) is 1. The smallest absolute Gasteiger partial charge is 0.258 e. The van der Waals surface area contributed by atoms with Crippen molar-refractivity contribution in [2.45, 2.75) is 25.8 Å².